The van der Waals surface area contributed by atoms with Crippen LogP contribution in [0.25, 0.3) is 0 Å². The minimum atomic E-state index is -0.346. The Hall–Kier alpha value is -3.55. The van der Waals surface area contributed by atoms with Crippen molar-refractivity contribution in [2.45, 2.75) is 13.8 Å². The van der Waals surface area contributed by atoms with Crippen molar-refractivity contribution in [1.82, 2.24) is 4.90 Å². The lowest BCUT2D eigenvalue weighted by Crippen LogP contribution is -2.46. The fourth-order valence-electron chi connectivity index (χ4n) is 3.30. The van der Waals surface area contributed by atoms with Gasteiger partial charge in [-0.25, -0.2) is 0 Å². The van der Waals surface area contributed by atoms with Crippen molar-refractivity contribution in [1.29, 1.82) is 0 Å². The van der Waals surface area contributed by atoms with E-state index in [1.54, 1.807) is 47.4 Å². The number of likely N-dealkylation sites (N-methyl/N-ethyl adjacent to an activating group) is 1. The summed E-state index contributed by atoms with van der Waals surface area (Å²) < 4.78 is 10.7. The molecule has 3 rings (SSSR count). The number of ether oxygens (including phenoxy) is 2. The van der Waals surface area contributed by atoms with E-state index in [-0.39, 0.29) is 30.9 Å². The highest BCUT2D eigenvalue weighted by atomic mass is 16.5. The van der Waals surface area contributed by atoms with Crippen molar-refractivity contribution in [2.24, 2.45) is 0 Å². The summed E-state index contributed by atoms with van der Waals surface area (Å²) in [7, 11) is 1.50. The third-order valence-corrected chi connectivity index (χ3v) is 4.92. The first-order chi connectivity index (χ1) is 14.5. The molecular formula is C22H25N3O5. The van der Waals surface area contributed by atoms with Crippen LogP contribution in [0.5, 0.6) is 11.5 Å². The SMILES string of the molecule is CCN(CC)C(=O)CN1C(=O)COc2ccc(NC(=O)c3ccccc3OC)cc21. The maximum atomic E-state index is 12.7. The van der Waals surface area contributed by atoms with Gasteiger partial charge in [0.25, 0.3) is 11.8 Å². The Morgan fingerprint density at radius 1 is 1.17 bits per heavy atom. The summed E-state index contributed by atoms with van der Waals surface area (Å²) in [6, 6.07) is 11.9. The Balaban J connectivity index is 1.85. The molecule has 0 aliphatic carbocycles. The van der Waals surface area contributed by atoms with Crippen LogP contribution in [0, 0.1) is 0 Å². The Labute approximate surface area is 175 Å². The number of methoxy groups -OCH3 is 1. The minimum Gasteiger partial charge on any atom is -0.496 e. The third kappa shape index (κ3) is 4.37. The normalized spacial score (nSPS) is 12.6. The second-order valence-corrected chi connectivity index (χ2v) is 6.67. The number of rotatable bonds is 7. The second-order valence-electron chi connectivity index (χ2n) is 6.67. The number of carbonyl (C=O) groups excluding carboxylic acids is 3. The number of nitrogens with zero attached hydrogens (tertiary/aromatic N) is 2. The smallest absolute Gasteiger partial charge is 0.265 e. The summed E-state index contributed by atoms with van der Waals surface area (Å²) in [4.78, 5) is 40.8. The predicted octanol–water partition coefficient (Wildman–Crippen LogP) is 2.54. The Bertz CT molecular complexity index is 956. The van der Waals surface area contributed by atoms with Gasteiger partial charge in [0.2, 0.25) is 5.91 Å². The molecule has 158 valence electrons. The molecule has 0 atom stereocenters. The van der Waals surface area contributed by atoms with Gasteiger partial charge in [-0.1, -0.05) is 12.1 Å². The molecular weight excluding hydrogens is 386 g/mol. The van der Waals surface area contributed by atoms with E-state index in [1.165, 1.54) is 12.0 Å². The number of para-hydroxylation sites is 1. The van der Waals surface area contributed by atoms with Crippen LogP contribution >= 0.6 is 0 Å². The van der Waals surface area contributed by atoms with E-state index < -0.39 is 0 Å². The Morgan fingerprint density at radius 3 is 2.60 bits per heavy atom. The molecule has 0 saturated heterocycles. The van der Waals surface area contributed by atoms with Crippen LogP contribution in [-0.4, -0.2) is 56.0 Å². The highest BCUT2D eigenvalue weighted by Crippen LogP contribution is 2.35. The number of nitrogens with one attached hydrogen (secondary N) is 1. The first-order valence-electron chi connectivity index (χ1n) is 9.77. The predicted molar refractivity (Wildman–Crippen MR) is 113 cm³/mol. The van der Waals surface area contributed by atoms with Crippen LogP contribution in [-0.2, 0) is 9.59 Å². The molecule has 0 bridgehead atoms. The number of carbonyl (C=O) groups is 3. The number of hydrogen-bond donors (Lipinski definition) is 1. The minimum absolute atomic E-state index is 0.0826. The molecule has 0 saturated carbocycles. The van der Waals surface area contributed by atoms with Crippen molar-refractivity contribution in [3.63, 3.8) is 0 Å². The monoisotopic (exact) mass is 411 g/mol. The van der Waals surface area contributed by atoms with Crippen molar-refractivity contribution >= 4 is 29.1 Å². The second kappa shape index (κ2) is 9.30. The lowest BCUT2D eigenvalue weighted by atomic mass is 10.1. The average molecular weight is 411 g/mol. The van der Waals surface area contributed by atoms with Crippen LogP contribution in [0.2, 0.25) is 0 Å². The summed E-state index contributed by atoms with van der Waals surface area (Å²) in [5.74, 6) is 0.136. The van der Waals surface area contributed by atoms with Gasteiger partial charge in [0.05, 0.1) is 18.4 Å². The summed E-state index contributed by atoms with van der Waals surface area (Å²) in [5, 5.41) is 2.81. The van der Waals surface area contributed by atoms with Crippen molar-refractivity contribution in [2.75, 3.05) is 43.6 Å². The molecule has 8 heteroatoms. The van der Waals surface area contributed by atoms with E-state index in [4.69, 9.17) is 9.47 Å². The maximum absolute atomic E-state index is 12.7. The molecule has 1 aliphatic heterocycles. The molecule has 1 aliphatic rings. The number of anilines is 2. The lowest BCUT2D eigenvalue weighted by molar-refractivity contribution is -0.131. The van der Waals surface area contributed by atoms with E-state index in [2.05, 4.69) is 5.32 Å². The van der Waals surface area contributed by atoms with E-state index in [0.717, 1.165) is 0 Å². The van der Waals surface area contributed by atoms with Gasteiger partial charge < -0.3 is 19.7 Å². The van der Waals surface area contributed by atoms with Gasteiger partial charge in [0, 0.05) is 18.8 Å². The van der Waals surface area contributed by atoms with E-state index in [9.17, 15) is 14.4 Å². The highest BCUT2D eigenvalue weighted by molar-refractivity contribution is 6.07. The van der Waals surface area contributed by atoms with Gasteiger partial charge in [0.15, 0.2) is 6.61 Å². The molecule has 3 amide bonds. The molecule has 1 N–H and O–H groups in total. The zero-order chi connectivity index (χ0) is 21.7. The molecule has 1 heterocycles. The topological polar surface area (TPSA) is 88.2 Å². The first-order valence-corrected chi connectivity index (χ1v) is 9.77. The summed E-state index contributed by atoms with van der Waals surface area (Å²) in [6.45, 7) is 4.70. The molecule has 0 spiro atoms. The molecule has 2 aromatic rings. The van der Waals surface area contributed by atoms with Gasteiger partial charge in [-0.15, -0.1) is 0 Å². The maximum Gasteiger partial charge on any atom is 0.265 e. The number of amides is 3. The molecule has 8 nitrogen and oxygen atoms in total. The number of fused-ring (bicyclic) bond motifs is 1. The van der Waals surface area contributed by atoms with Crippen molar-refractivity contribution in [3.8, 4) is 11.5 Å². The number of hydrogen-bond acceptors (Lipinski definition) is 5. The zero-order valence-corrected chi connectivity index (χ0v) is 17.3. The van der Waals surface area contributed by atoms with Crippen molar-refractivity contribution < 1.29 is 23.9 Å². The standard InChI is InChI=1S/C22H25N3O5/c1-4-24(5-2)20(26)13-25-17-12-15(10-11-19(17)30-14-21(25)27)23-22(28)16-8-6-7-9-18(16)29-3/h6-12H,4-5,13-14H2,1-3H3,(H,23,28). The fourth-order valence-corrected chi connectivity index (χ4v) is 3.30. The third-order valence-electron chi connectivity index (χ3n) is 4.92. The van der Waals surface area contributed by atoms with E-state index in [0.29, 0.717) is 41.5 Å². The summed E-state index contributed by atoms with van der Waals surface area (Å²) in [6.07, 6.45) is 0. The first kappa shape index (κ1) is 21.2. The lowest BCUT2D eigenvalue weighted by Gasteiger charge is -2.31. The average Bonchev–Trinajstić information content (AvgIpc) is 2.76. The number of benzene rings is 2. The summed E-state index contributed by atoms with van der Waals surface area (Å²) in [5.41, 5.74) is 1.31. The van der Waals surface area contributed by atoms with E-state index >= 15 is 0 Å². The van der Waals surface area contributed by atoms with Gasteiger partial charge >= 0.3 is 0 Å². The Morgan fingerprint density at radius 2 is 1.90 bits per heavy atom. The van der Waals surface area contributed by atoms with Gasteiger partial charge in [-0.05, 0) is 44.2 Å². The van der Waals surface area contributed by atoms with Gasteiger partial charge in [-0.3, -0.25) is 19.3 Å². The van der Waals surface area contributed by atoms with Crippen LogP contribution < -0.4 is 19.7 Å². The molecule has 0 unspecified atom stereocenters. The largest absolute Gasteiger partial charge is 0.496 e. The highest BCUT2D eigenvalue weighted by Gasteiger charge is 2.29. The Kier molecular flexibility index (Phi) is 6.56. The zero-order valence-electron chi connectivity index (χ0n) is 17.3. The van der Waals surface area contributed by atoms with Crippen molar-refractivity contribution in [3.05, 3.63) is 48.0 Å². The molecule has 30 heavy (non-hydrogen) atoms. The summed E-state index contributed by atoms with van der Waals surface area (Å²) >= 11 is 0. The molecule has 0 aromatic heterocycles. The van der Waals surface area contributed by atoms with E-state index in [1.807, 2.05) is 13.8 Å². The van der Waals surface area contributed by atoms with Crippen LogP contribution in [0.4, 0.5) is 11.4 Å². The van der Waals surface area contributed by atoms with Gasteiger partial charge in [-0.2, -0.15) is 0 Å². The van der Waals surface area contributed by atoms with Crippen LogP contribution in [0.3, 0.4) is 0 Å². The van der Waals surface area contributed by atoms with Crippen LogP contribution in [0.1, 0.15) is 24.2 Å². The quantitative estimate of drug-likeness (QED) is 0.757. The fraction of sp³-hybridized carbons (Fsp3) is 0.318. The molecule has 0 fully saturated rings. The van der Waals surface area contributed by atoms with Gasteiger partial charge in [0.1, 0.15) is 18.0 Å². The van der Waals surface area contributed by atoms with Crippen LogP contribution in [0.15, 0.2) is 42.5 Å². The molecule has 0 radical (unpaired) electrons. The molecule has 2 aromatic carbocycles.